The zero-order chi connectivity index (χ0) is 10.3. The Kier molecular flexibility index (Phi) is 2.04. The molecule has 2 atom stereocenters. The molecule has 2 nitrogen and oxygen atoms in total. The van der Waals surface area contributed by atoms with Crippen LogP contribution in [0.1, 0.15) is 24.5 Å². The molecule has 0 radical (unpaired) electrons. The molecule has 1 N–H and O–H groups in total. The predicted octanol–water partition coefficient (Wildman–Crippen LogP) is 2.23. The van der Waals surface area contributed by atoms with Gasteiger partial charge in [-0.3, -0.25) is 0 Å². The second kappa shape index (κ2) is 2.99. The third kappa shape index (κ3) is 1.30. The predicted molar refractivity (Wildman–Crippen MR) is 55.4 cm³/mol. The minimum absolute atomic E-state index is 0.346. The van der Waals surface area contributed by atoms with Crippen molar-refractivity contribution in [3.05, 3.63) is 29.3 Å². The Morgan fingerprint density at radius 1 is 1.50 bits per heavy atom. The summed E-state index contributed by atoms with van der Waals surface area (Å²) in [5.41, 5.74) is 1.46. The largest absolute Gasteiger partial charge is 0.496 e. The molecule has 2 unspecified atom stereocenters. The summed E-state index contributed by atoms with van der Waals surface area (Å²) in [6, 6.07) is 5.94. The van der Waals surface area contributed by atoms with Crippen LogP contribution in [0, 0.1) is 12.8 Å². The number of aryl methyl sites for hydroxylation is 1. The number of rotatable bonds is 2. The van der Waals surface area contributed by atoms with Gasteiger partial charge in [0.1, 0.15) is 5.75 Å². The fourth-order valence-electron chi connectivity index (χ4n) is 1.94. The summed E-state index contributed by atoms with van der Waals surface area (Å²) in [5.74, 6) is 1.14. The van der Waals surface area contributed by atoms with Crippen LogP contribution in [0.2, 0.25) is 0 Å². The smallest absolute Gasteiger partial charge is 0.124 e. The SMILES string of the molecule is COc1ccc(C)cc1C1(O)CC1C. The van der Waals surface area contributed by atoms with E-state index in [-0.39, 0.29) is 0 Å². The van der Waals surface area contributed by atoms with Crippen LogP contribution in [0.15, 0.2) is 18.2 Å². The zero-order valence-corrected chi connectivity index (χ0v) is 8.87. The van der Waals surface area contributed by atoms with Gasteiger partial charge in [0.2, 0.25) is 0 Å². The first-order valence-electron chi connectivity index (χ1n) is 4.95. The Morgan fingerprint density at radius 3 is 2.64 bits per heavy atom. The van der Waals surface area contributed by atoms with Crippen molar-refractivity contribution in [3.63, 3.8) is 0 Å². The van der Waals surface area contributed by atoms with E-state index in [1.807, 2.05) is 25.1 Å². The molecule has 0 aromatic heterocycles. The molecule has 0 bridgehead atoms. The molecule has 0 spiro atoms. The lowest BCUT2D eigenvalue weighted by Gasteiger charge is -2.15. The van der Waals surface area contributed by atoms with E-state index in [2.05, 4.69) is 6.92 Å². The van der Waals surface area contributed by atoms with Gasteiger partial charge in [0.15, 0.2) is 0 Å². The van der Waals surface area contributed by atoms with E-state index in [1.54, 1.807) is 7.11 Å². The molecule has 2 rings (SSSR count). The standard InChI is InChI=1S/C12H16O2/c1-8-4-5-11(14-3)10(6-8)12(13)7-9(12)2/h4-6,9,13H,7H2,1-3H3. The highest BCUT2D eigenvalue weighted by atomic mass is 16.5. The Bertz CT molecular complexity index is 359. The number of aliphatic hydroxyl groups is 1. The van der Waals surface area contributed by atoms with E-state index in [4.69, 9.17) is 4.74 Å². The molecule has 76 valence electrons. The Balaban J connectivity index is 2.45. The van der Waals surface area contributed by atoms with Crippen molar-refractivity contribution in [1.82, 2.24) is 0 Å². The molecule has 2 heteroatoms. The average molecular weight is 192 g/mol. The van der Waals surface area contributed by atoms with E-state index in [1.165, 1.54) is 0 Å². The summed E-state index contributed by atoms with van der Waals surface area (Å²) < 4.78 is 5.26. The van der Waals surface area contributed by atoms with Gasteiger partial charge in [-0.1, -0.05) is 18.6 Å². The van der Waals surface area contributed by atoms with Crippen LogP contribution in [-0.2, 0) is 5.60 Å². The van der Waals surface area contributed by atoms with Crippen LogP contribution in [-0.4, -0.2) is 12.2 Å². The number of ether oxygens (including phenoxy) is 1. The highest BCUT2D eigenvalue weighted by molar-refractivity contribution is 5.44. The van der Waals surface area contributed by atoms with Crippen LogP contribution in [0.5, 0.6) is 5.75 Å². The maximum Gasteiger partial charge on any atom is 0.124 e. The third-order valence-corrected chi connectivity index (χ3v) is 3.09. The normalized spacial score (nSPS) is 30.1. The fraction of sp³-hybridized carbons (Fsp3) is 0.500. The second-order valence-electron chi connectivity index (χ2n) is 4.23. The molecule has 0 amide bonds. The van der Waals surface area contributed by atoms with Gasteiger partial charge in [0.25, 0.3) is 0 Å². The van der Waals surface area contributed by atoms with Crippen molar-refractivity contribution in [2.45, 2.75) is 25.9 Å². The average Bonchev–Trinajstić information content (AvgIpc) is 2.76. The highest BCUT2D eigenvalue weighted by Crippen LogP contribution is 2.54. The summed E-state index contributed by atoms with van der Waals surface area (Å²) >= 11 is 0. The summed E-state index contributed by atoms with van der Waals surface area (Å²) in [4.78, 5) is 0. The first-order valence-corrected chi connectivity index (χ1v) is 4.95. The lowest BCUT2D eigenvalue weighted by atomic mass is 10.0. The molecule has 0 aliphatic heterocycles. The van der Waals surface area contributed by atoms with Crippen LogP contribution >= 0.6 is 0 Å². The maximum atomic E-state index is 10.2. The van der Waals surface area contributed by atoms with Gasteiger partial charge in [-0.25, -0.2) is 0 Å². The molecule has 1 saturated carbocycles. The molecule has 1 aliphatic carbocycles. The molecule has 0 saturated heterocycles. The highest BCUT2D eigenvalue weighted by Gasteiger charge is 2.52. The maximum absolute atomic E-state index is 10.2. The van der Waals surface area contributed by atoms with Crippen LogP contribution in [0.3, 0.4) is 0 Å². The van der Waals surface area contributed by atoms with E-state index in [9.17, 15) is 5.11 Å². The molecule has 0 heterocycles. The Hall–Kier alpha value is -1.02. The van der Waals surface area contributed by atoms with E-state index >= 15 is 0 Å². The van der Waals surface area contributed by atoms with Crippen molar-refractivity contribution < 1.29 is 9.84 Å². The topological polar surface area (TPSA) is 29.5 Å². The minimum atomic E-state index is -0.642. The van der Waals surface area contributed by atoms with Gasteiger partial charge in [0, 0.05) is 5.56 Å². The van der Waals surface area contributed by atoms with E-state index in [0.29, 0.717) is 5.92 Å². The van der Waals surface area contributed by atoms with Crippen molar-refractivity contribution >= 4 is 0 Å². The van der Waals surface area contributed by atoms with Crippen molar-refractivity contribution in [2.75, 3.05) is 7.11 Å². The molecule has 1 aromatic rings. The first-order chi connectivity index (χ1) is 6.58. The molecule has 1 fully saturated rings. The van der Waals surface area contributed by atoms with Gasteiger partial charge in [-0.05, 0) is 31.4 Å². The van der Waals surface area contributed by atoms with Gasteiger partial charge in [-0.2, -0.15) is 0 Å². The van der Waals surface area contributed by atoms with E-state index < -0.39 is 5.60 Å². The van der Waals surface area contributed by atoms with Crippen molar-refractivity contribution in [3.8, 4) is 5.75 Å². The van der Waals surface area contributed by atoms with Crippen molar-refractivity contribution in [1.29, 1.82) is 0 Å². The summed E-state index contributed by atoms with van der Waals surface area (Å²) in [6.45, 7) is 4.08. The monoisotopic (exact) mass is 192 g/mol. The van der Waals surface area contributed by atoms with E-state index in [0.717, 1.165) is 23.3 Å². The van der Waals surface area contributed by atoms with Gasteiger partial charge in [-0.15, -0.1) is 0 Å². The Labute approximate surface area is 84.5 Å². The molecular formula is C12H16O2. The molecular weight excluding hydrogens is 176 g/mol. The molecule has 14 heavy (non-hydrogen) atoms. The van der Waals surface area contributed by atoms with Gasteiger partial charge >= 0.3 is 0 Å². The Morgan fingerprint density at radius 2 is 2.14 bits per heavy atom. The fourth-order valence-corrected chi connectivity index (χ4v) is 1.94. The number of methoxy groups -OCH3 is 1. The van der Waals surface area contributed by atoms with Crippen LogP contribution < -0.4 is 4.74 Å². The van der Waals surface area contributed by atoms with Gasteiger partial charge in [0.05, 0.1) is 12.7 Å². The third-order valence-electron chi connectivity index (χ3n) is 3.09. The molecule has 1 aliphatic rings. The number of hydrogen-bond donors (Lipinski definition) is 1. The lowest BCUT2D eigenvalue weighted by molar-refractivity contribution is 0.131. The minimum Gasteiger partial charge on any atom is -0.496 e. The summed E-state index contributed by atoms with van der Waals surface area (Å²) in [5, 5.41) is 10.2. The van der Waals surface area contributed by atoms with Crippen LogP contribution in [0.4, 0.5) is 0 Å². The van der Waals surface area contributed by atoms with Gasteiger partial charge < -0.3 is 9.84 Å². The summed E-state index contributed by atoms with van der Waals surface area (Å²) in [7, 11) is 1.64. The summed E-state index contributed by atoms with van der Waals surface area (Å²) in [6.07, 6.45) is 0.840. The molecule has 1 aromatic carbocycles. The quantitative estimate of drug-likeness (QED) is 0.778. The second-order valence-corrected chi connectivity index (χ2v) is 4.23. The zero-order valence-electron chi connectivity index (χ0n) is 8.87. The first kappa shape index (κ1) is 9.53. The lowest BCUT2D eigenvalue weighted by Crippen LogP contribution is -2.09. The van der Waals surface area contributed by atoms with Crippen molar-refractivity contribution in [2.24, 2.45) is 5.92 Å². The number of hydrogen-bond acceptors (Lipinski definition) is 2. The number of benzene rings is 1. The van der Waals surface area contributed by atoms with Crippen LogP contribution in [0.25, 0.3) is 0 Å².